The van der Waals surface area contributed by atoms with Crippen LogP contribution in [0.3, 0.4) is 0 Å². The molecule has 0 unspecified atom stereocenters. The Morgan fingerprint density at radius 2 is 2.06 bits per heavy atom. The van der Waals surface area contributed by atoms with Crippen LogP contribution < -0.4 is 4.74 Å². The molecule has 0 heterocycles. The molecule has 17 heavy (non-hydrogen) atoms. The summed E-state index contributed by atoms with van der Waals surface area (Å²) in [5, 5.41) is 0. The Balaban J connectivity index is 2.54. The number of hydrogen-bond donors (Lipinski definition) is 0. The second kappa shape index (κ2) is 6.96. The number of ether oxygens (including phenoxy) is 2. The zero-order valence-electron chi connectivity index (χ0n) is 9.01. The lowest BCUT2D eigenvalue weighted by Gasteiger charge is -2.11. The smallest absolute Gasteiger partial charge is 0.387 e. The largest absolute Gasteiger partial charge is 0.434 e. The average molecular weight is 242 g/mol. The molecule has 5 heteroatoms. The predicted octanol–water partition coefficient (Wildman–Crippen LogP) is 2.33. The van der Waals surface area contributed by atoms with Crippen molar-refractivity contribution in [1.82, 2.24) is 0 Å². The van der Waals surface area contributed by atoms with Crippen LogP contribution >= 0.6 is 0 Å². The molecule has 1 rings (SSSR count). The molecular weight excluding hydrogens is 230 g/mol. The van der Waals surface area contributed by atoms with Gasteiger partial charge < -0.3 is 14.3 Å². The van der Waals surface area contributed by atoms with Gasteiger partial charge in [0.2, 0.25) is 0 Å². The summed E-state index contributed by atoms with van der Waals surface area (Å²) in [5.41, 5.74) is 0.478. The van der Waals surface area contributed by atoms with E-state index in [0.29, 0.717) is 11.8 Å². The van der Waals surface area contributed by atoms with Gasteiger partial charge in [0, 0.05) is 11.5 Å². The van der Waals surface area contributed by atoms with E-state index in [4.69, 9.17) is 11.7 Å². The van der Waals surface area contributed by atoms with Gasteiger partial charge in [0.25, 0.3) is 0 Å². The van der Waals surface area contributed by atoms with Crippen molar-refractivity contribution >= 4 is 6.29 Å². The highest BCUT2D eigenvalue weighted by atomic mass is 19.3. The molecule has 92 valence electrons. The molecule has 0 saturated heterocycles. The van der Waals surface area contributed by atoms with E-state index in [1.165, 1.54) is 6.07 Å². The van der Waals surface area contributed by atoms with Gasteiger partial charge in [0.15, 0.2) is 0 Å². The zero-order valence-corrected chi connectivity index (χ0v) is 9.01. The molecule has 0 aliphatic rings. The fraction of sp³-hybridized carbons (Fsp3) is 0.333. The number of carbonyl (C=O) groups excluding carboxylic acids is 1. The van der Waals surface area contributed by atoms with Crippen molar-refractivity contribution in [1.29, 1.82) is 0 Å². The van der Waals surface area contributed by atoms with Crippen LogP contribution in [-0.2, 0) is 16.1 Å². The quantitative estimate of drug-likeness (QED) is 0.688. The van der Waals surface area contributed by atoms with E-state index in [-0.39, 0.29) is 19.0 Å². The third kappa shape index (κ3) is 4.91. The first-order valence-corrected chi connectivity index (χ1v) is 4.95. The Kier molecular flexibility index (Phi) is 5.56. The second-order valence-electron chi connectivity index (χ2n) is 3.30. The molecule has 0 N–H and O–H groups in total. The van der Waals surface area contributed by atoms with Crippen molar-refractivity contribution in [2.24, 2.45) is 5.92 Å². The Morgan fingerprint density at radius 3 is 2.71 bits per heavy atom. The van der Waals surface area contributed by atoms with Crippen LogP contribution in [0.2, 0.25) is 0 Å². The third-order valence-corrected chi connectivity index (χ3v) is 1.93. The lowest BCUT2D eigenvalue weighted by Crippen LogP contribution is -2.09. The zero-order chi connectivity index (χ0) is 12.7. The van der Waals surface area contributed by atoms with E-state index in [1.807, 2.05) is 0 Å². The molecule has 0 spiro atoms. The molecule has 0 bridgehead atoms. The van der Waals surface area contributed by atoms with E-state index in [9.17, 15) is 13.6 Å². The fourth-order valence-electron chi connectivity index (χ4n) is 1.18. The van der Waals surface area contributed by atoms with Crippen LogP contribution in [0.5, 0.6) is 5.75 Å². The molecule has 1 aromatic carbocycles. The second-order valence-corrected chi connectivity index (χ2v) is 3.30. The van der Waals surface area contributed by atoms with Gasteiger partial charge in [0.1, 0.15) is 12.0 Å². The molecule has 0 saturated carbocycles. The fourth-order valence-corrected chi connectivity index (χ4v) is 1.18. The molecule has 0 amide bonds. The molecule has 2 radical (unpaired) electrons. The van der Waals surface area contributed by atoms with Gasteiger partial charge in [-0.15, -0.1) is 0 Å². The topological polar surface area (TPSA) is 35.5 Å². The van der Waals surface area contributed by atoms with Gasteiger partial charge >= 0.3 is 6.61 Å². The summed E-state index contributed by atoms with van der Waals surface area (Å²) in [5.74, 6) is -0.652. The number of benzene rings is 1. The first kappa shape index (κ1) is 13.6. The summed E-state index contributed by atoms with van der Waals surface area (Å²) < 4.78 is 33.6. The normalized spacial score (nSPS) is 12.5. The van der Waals surface area contributed by atoms with Gasteiger partial charge in [-0.1, -0.05) is 18.2 Å². The summed E-state index contributed by atoms with van der Waals surface area (Å²) in [6.45, 7) is 2.52. The van der Waals surface area contributed by atoms with Crippen LogP contribution in [0.4, 0.5) is 8.78 Å². The molecule has 0 aliphatic heterocycles. The summed E-state index contributed by atoms with van der Waals surface area (Å²) in [4.78, 5) is 10.2. The van der Waals surface area contributed by atoms with Gasteiger partial charge in [0.05, 0.1) is 13.2 Å². The molecule has 0 fully saturated rings. The van der Waals surface area contributed by atoms with Crippen LogP contribution in [0.15, 0.2) is 24.3 Å². The summed E-state index contributed by atoms with van der Waals surface area (Å²) in [7, 11) is 0. The highest BCUT2D eigenvalue weighted by molar-refractivity contribution is 5.54. The van der Waals surface area contributed by atoms with E-state index in [2.05, 4.69) is 4.74 Å². The molecule has 1 aromatic rings. The van der Waals surface area contributed by atoms with E-state index < -0.39 is 12.5 Å². The van der Waals surface area contributed by atoms with E-state index in [1.54, 1.807) is 18.2 Å². The maximum Gasteiger partial charge on any atom is 0.387 e. The average Bonchev–Trinajstić information content (AvgIpc) is 2.30. The third-order valence-electron chi connectivity index (χ3n) is 1.93. The van der Waals surface area contributed by atoms with Crippen LogP contribution in [0, 0.1) is 12.8 Å². The minimum atomic E-state index is -2.88. The van der Waals surface area contributed by atoms with E-state index in [0.717, 1.165) is 0 Å². The van der Waals surface area contributed by atoms with Crippen molar-refractivity contribution in [3.63, 3.8) is 0 Å². The molecular formula is C12H12F2O3. The van der Waals surface area contributed by atoms with Gasteiger partial charge in [-0.3, -0.25) is 0 Å². The predicted molar refractivity (Wildman–Crippen MR) is 56.6 cm³/mol. The lowest BCUT2D eigenvalue weighted by molar-refractivity contribution is -0.111. The molecule has 3 nitrogen and oxygen atoms in total. The standard InChI is InChI=1S/C12H12F2O3/c1-9(6-15)7-16-8-10-4-2-3-5-11(10)17-12(13)14/h1-6,9,12H,7-8H2/t9-/m1/s1. The number of aldehydes is 1. The van der Waals surface area contributed by atoms with Crippen molar-refractivity contribution < 1.29 is 23.0 Å². The summed E-state index contributed by atoms with van der Waals surface area (Å²) in [6.07, 6.45) is 0.557. The minimum Gasteiger partial charge on any atom is -0.434 e. The Morgan fingerprint density at radius 1 is 1.35 bits per heavy atom. The Labute approximate surface area is 98.3 Å². The van der Waals surface area contributed by atoms with Gasteiger partial charge in [-0.2, -0.15) is 8.78 Å². The van der Waals surface area contributed by atoms with Crippen LogP contribution in [0.1, 0.15) is 5.56 Å². The number of alkyl halides is 2. The maximum absolute atomic E-state index is 12.1. The molecule has 0 aliphatic carbocycles. The maximum atomic E-state index is 12.1. The first-order chi connectivity index (χ1) is 8.13. The Bertz CT molecular complexity index is 355. The summed E-state index contributed by atoms with van der Waals surface area (Å²) in [6, 6.07) is 6.28. The van der Waals surface area contributed by atoms with Crippen LogP contribution in [0.25, 0.3) is 0 Å². The lowest BCUT2D eigenvalue weighted by atomic mass is 10.2. The van der Waals surface area contributed by atoms with Crippen LogP contribution in [-0.4, -0.2) is 19.5 Å². The van der Waals surface area contributed by atoms with Crippen molar-refractivity contribution in [2.45, 2.75) is 13.2 Å². The number of rotatable bonds is 7. The van der Waals surface area contributed by atoms with Crippen molar-refractivity contribution in [3.05, 3.63) is 36.8 Å². The van der Waals surface area contributed by atoms with Gasteiger partial charge in [-0.25, -0.2) is 0 Å². The first-order valence-electron chi connectivity index (χ1n) is 4.95. The molecule has 0 aromatic heterocycles. The SMILES string of the molecule is [CH][C@H](C=O)COCc1ccccc1OC(F)F. The summed E-state index contributed by atoms with van der Waals surface area (Å²) >= 11 is 0. The Hall–Kier alpha value is -1.49. The van der Waals surface area contributed by atoms with Crippen molar-refractivity contribution in [3.8, 4) is 5.75 Å². The number of para-hydroxylation sites is 1. The number of halogens is 2. The molecule has 1 atom stereocenters. The highest BCUT2D eigenvalue weighted by Gasteiger charge is 2.09. The highest BCUT2D eigenvalue weighted by Crippen LogP contribution is 2.21. The minimum absolute atomic E-state index is 0.0342. The monoisotopic (exact) mass is 242 g/mol. The number of carbonyl (C=O) groups is 1. The van der Waals surface area contributed by atoms with Gasteiger partial charge in [-0.05, 0) is 13.0 Å². The number of hydrogen-bond acceptors (Lipinski definition) is 3. The van der Waals surface area contributed by atoms with E-state index >= 15 is 0 Å². The van der Waals surface area contributed by atoms with Crippen molar-refractivity contribution in [2.75, 3.05) is 6.61 Å².